The second-order valence-electron chi connectivity index (χ2n) is 13.8. The number of aliphatic hydroxyl groups excluding tert-OH is 1. The van der Waals surface area contributed by atoms with E-state index in [1.807, 2.05) is 12.1 Å². The van der Waals surface area contributed by atoms with Gasteiger partial charge in [0.15, 0.2) is 0 Å². The van der Waals surface area contributed by atoms with Crippen molar-refractivity contribution in [2.75, 3.05) is 86.1 Å². The fourth-order valence-corrected chi connectivity index (χ4v) is 8.37. The number of azide groups is 1. The standard InChI is InChI=1S/C37H54N4O7/c1-37-26-33(36-31-10-6-29(42)25-28(31)5-9-32(36)34(37)11-12-35(37)43)27-3-7-30(8-4-27)48-18-15-41(2)14-17-45-20-22-47-24-23-46-21-19-44-16-13-39-40-38/h3-4,6-8,10,25,32-36,42-43H,5,9,11-24,26H2,1-2H3/t32?,33-,34?,35+,36?,37+/m1/s1. The lowest BCUT2D eigenvalue weighted by Crippen LogP contribution is -2.47. The summed E-state index contributed by atoms with van der Waals surface area (Å²) < 4.78 is 28.1. The summed E-state index contributed by atoms with van der Waals surface area (Å²) in [5, 5.41) is 24.7. The van der Waals surface area contributed by atoms with Crippen LogP contribution in [0.4, 0.5) is 0 Å². The van der Waals surface area contributed by atoms with E-state index in [4.69, 9.17) is 29.2 Å². The van der Waals surface area contributed by atoms with Gasteiger partial charge in [-0.05, 0) is 115 Å². The number of rotatable bonds is 20. The molecule has 5 rings (SSSR count). The maximum atomic E-state index is 11.1. The van der Waals surface area contributed by atoms with Gasteiger partial charge in [0.05, 0.1) is 59.0 Å². The Kier molecular flexibility index (Phi) is 13.8. The number of benzene rings is 2. The minimum atomic E-state index is -0.239. The Bertz CT molecular complexity index is 1320. The first-order valence-electron chi connectivity index (χ1n) is 17.6. The molecule has 2 saturated carbocycles. The minimum absolute atomic E-state index is 0.0564. The average molecular weight is 667 g/mol. The molecule has 3 aliphatic rings. The first-order valence-corrected chi connectivity index (χ1v) is 17.6. The molecule has 48 heavy (non-hydrogen) atoms. The summed E-state index contributed by atoms with van der Waals surface area (Å²) in [7, 11) is 2.07. The van der Waals surface area contributed by atoms with Crippen molar-refractivity contribution in [2.24, 2.45) is 22.4 Å². The Morgan fingerprint density at radius 1 is 0.875 bits per heavy atom. The fourth-order valence-electron chi connectivity index (χ4n) is 8.37. The van der Waals surface area contributed by atoms with Crippen LogP contribution < -0.4 is 4.74 Å². The third-order valence-electron chi connectivity index (χ3n) is 10.8. The highest BCUT2D eigenvalue weighted by Gasteiger charge is 2.57. The van der Waals surface area contributed by atoms with Gasteiger partial charge in [0.1, 0.15) is 18.1 Å². The number of fused-ring (bicyclic) bond motifs is 5. The van der Waals surface area contributed by atoms with Crippen molar-refractivity contribution in [3.8, 4) is 11.5 Å². The number of phenolic OH excluding ortho intramolecular Hbond substituents is 1. The number of likely N-dealkylation sites (N-methyl/N-ethyl adjacent to an activating group) is 1. The second-order valence-corrected chi connectivity index (χ2v) is 13.8. The van der Waals surface area contributed by atoms with Gasteiger partial charge in [-0.15, -0.1) is 0 Å². The Balaban J connectivity index is 0.995. The second kappa shape index (κ2) is 18.2. The summed E-state index contributed by atoms with van der Waals surface area (Å²) in [6.45, 7) is 8.88. The molecule has 0 aromatic heterocycles. The smallest absolute Gasteiger partial charge is 0.119 e. The van der Waals surface area contributed by atoms with E-state index in [9.17, 15) is 10.2 Å². The summed E-state index contributed by atoms with van der Waals surface area (Å²) in [5.41, 5.74) is 12.1. The van der Waals surface area contributed by atoms with E-state index in [0.29, 0.717) is 95.4 Å². The summed E-state index contributed by atoms with van der Waals surface area (Å²) in [6, 6.07) is 14.6. The van der Waals surface area contributed by atoms with Crippen molar-refractivity contribution < 1.29 is 33.9 Å². The lowest BCUT2D eigenvalue weighted by atomic mass is 9.51. The van der Waals surface area contributed by atoms with Crippen LogP contribution in [0.2, 0.25) is 0 Å². The van der Waals surface area contributed by atoms with E-state index in [0.717, 1.165) is 50.9 Å². The molecule has 11 nitrogen and oxygen atoms in total. The Morgan fingerprint density at radius 3 is 2.25 bits per heavy atom. The molecule has 0 aliphatic heterocycles. The normalized spacial score (nSPS) is 26.0. The molecule has 2 aromatic carbocycles. The molecule has 6 atom stereocenters. The molecule has 2 fully saturated rings. The molecule has 264 valence electrons. The van der Waals surface area contributed by atoms with Crippen LogP contribution in [0.5, 0.6) is 11.5 Å². The van der Waals surface area contributed by atoms with Crippen molar-refractivity contribution in [2.45, 2.75) is 57.0 Å². The third kappa shape index (κ3) is 9.41. The van der Waals surface area contributed by atoms with Crippen LogP contribution in [0, 0.1) is 17.3 Å². The lowest BCUT2D eigenvalue weighted by Gasteiger charge is -2.54. The van der Waals surface area contributed by atoms with Crippen molar-refractivity contribution >= 4 is 0 Å². The fraction of sp³-hybridized carbons (Fsp3) is 0.676. The number of phenols is 1. The van der Waals surface area contributed by atoms with Gasteiger partial charge in [0.2, 0.25) is 0 Å². The summed E-state index contributed by atoms with van der Waals surface area (Å²) in [5.74, 6) is 3.03. The molecule has 0 bridgehead atoms. The van der Waals surface area contributed by atoms with Gasteiger partial charge in [-0.1, -0.05) is 30.2 Å². The molecule has 11 heteroatoms. The zero-order valence-corrected chi connectivity index (χ0v) is 28.7. The number of aliphatic hydroxyl groups is 1. The minimum Gasteiger partial charge on any atom is -0.508 e. The zero-order valence-electron chi connectivity index (χ0n) is 28.7. The molecule has 0 amide bonds. The van der Waals surface area contributed by atoms with E-state index >= 15 is 0 Å². The van der Waals surface area contributed by atoms with Crippen molar-refractivity contribution in [3.63, 3.8) is 0 Å². The maximum Gasteiger partial charge on any atom is 0.119 e. The van der Waals surface area contributed by atoms with E-state index in [1.165, 1.54) is 16.7 Å². The van der Waals surface area contributed by atoms with Crippen LogP contribution in [0.25, 0.3) is 10.4 Å². The van der Waals surface area contributed by atoms with Crippen molar-refractivity contribution in [3.05, 3.63) is 69.6 Å². The van der Waals surface area contributed by atoms with Gasteiger partial charge in [-0.3, -0.25) is 0 Å². The van der Waals surface area contributed by atoms with Gasteiger partial charge in [-0.2, -0.15) is 0 Å². The van der Waals surface area contributed by atoms with E-state index in [1.54, 1.807) is 0 Å². The predicted octanol–water partition coefficient (Wildman–Crippen LogP) is 5.69. The summed E-state index contributed by atoms with van der Waals surface area (Å²) in [6.07, 6.45) is 4.87. The molecule has 2 aromatic rings. The van der Waals surface area contributed by atoms with Crippen LogP contribution >= 0.6 is 0 Å². The highest BCUT2D eigenvalue weighted by Crippen LogP contribution is 2.65. The van der Waals surface area contributed by atoms with E-state index < -0.39 is 0 Å². The van der Waals surface area contributed by atoms with Gasteiger partial charge in [-0.25, -0.2) is 0 Å². The number of ether oxygens (including phenoxy) is 5. The summed E-state index contributed by atoms with van der Waals surface area (Å²) in [4.78, 5) is 4.86. The first-order chi connectivity index (χ1) is 23.4. The van der Waals surface area contributed by atoms with Crippen molar-refractivity contribution in [1.29, 1.82) is 0 Å². The zero-order chi connectivity index (χ0) is 33.8. The van der Waals surface area contributed by atoms with Crippen LogP contribution in [0.1, 0.15) is 61.1 Å². The largest absolute Gasteiger partial charge is 0.508 e. The molecule has 0 radical (unpaired) electrons. The molecular weight excluding hydrogens is 612 g/mol. The van der Waals surface area contributed by atoms with Crippen LogP contribution in [-0.4, -0.2) is 107 Å². The SMILES string of the molecule is CN(CCOCCOCCOCCOCCN=[N+]=[N-])CCOc1ccc([C@H]2C[C@@]3(C)C(CC[C@@H]3O)C3CCc4cc(O)ccc4C32)cc1. The number of hydrogen-bond acceptors (Lipinski definition) is 9. The van der Waals surface area contributed by atoms with Crippen molar-refractivity contribution in [1.82, 2.24) is 4.90 Å². The molecule has 2 N–H and O–H groups in total. The molecule has 3 unspecified atom stereocenters. The van der Waals surface area contributed by atoms with Gasteiger partial charge in [0, 0.05) is 24.5 Å². The number of hydrogen-bond donors (Lipinski definition) is 2. The molecule has 0 heterocycles. The summed E-state index contributed by atoms with van der Waals surface area (Å²) >= 11 is 0. The Hall–Kier alpha value is -2.89. The molecular formula is C37H54N4O7. The topological polar surface area (TPSA) is 139 Å². The van der Waals surface area contributed by atoms with Gasteiger partial charge >= 0.3 is 0 Å². The average Bonchev–Trinajstić information content (AvgIpc) is 3.39. The Morgan fingerprint density at radius 2 is 1.54 bits per heavy atom. The third-order valence-corrected chi connectivity index (χ3v) is 10.8. The number of aryl methyl sites for hydroxylation is 1. The highest BCUT2D eigenvalue weighted by atomic mass is 16.6. The predicted molar refractivity (Wildman–Crippen MR) is 184 cm³/mol. The van der Waals surface area contributed by atoms with E-state index in [-0.39, 0.29) is 11.5 Å². The first kappa shape index (κ1) is 36.4. The van der Waals surface area contributed by atoms with Gasteiger partial charge in [0.25, 0.3) is 0 Å². The van der Waals surface area contributed by atoms with Crippen LogP contribution in [0.15, 0.2) is 47.6 Å². The number of nitrogens with zero attached hydrogens (tertiary/aromatic N) is 4. The molecule has 0 saturated heterocycles. The van der Waals surface area contributed by atoms with E-state index in [2.05, 4.69) is 59.2 Å². The highest BCUT2D eigenvalue weighted by molar-refractivity contribution is 5.43. The number of aromatic hydroxyl groups is 1. The molecule has 3 aliphatic carbocycles. The maximum absolute atomic E-state index is 11.1. The monoisotopic (exact) mass is 666 g/mol. The quantitative estimate of drug-likeness (QED) is 0.0796. The molecule has 0 spiro atoms. The van der Waals surface area contributed by atoms with Gasteiger partial charge < -0.3 is 38.8 Å². The van der Waals surface area contributed by atoms with Crippen LogP contribution in [-0.2, 0) is 25.4 Å². The van der Waals surface area contributed by atoms with Crippen LogP contribution in [0.3, 0.4) is 0 Å². The lowest BCUT2D eigenvalue weighted by molar-refractivity contribution is -0.0323. The Labute approximate surface area is 285 Å².